The van der Waals surface area contributed by atoms with Crippen LogP contribution in [0.2, 0.25) is 0 Å². The van der Waals surface area contributed by atoms with E-state index >= 15 is 0 Å². The first-order valence-electron chi connectivity index (χ1n) is 9.66. The summed E-state index contributed by atoms with van der Waals surface area (Å²) in [4.78, 5) is 6.43. The van der Waals surface area contributed by atoms with Crippen molar-refractivity contribution in [3.63, 3.8) is 0 Å². The van der Waals surface area contributed by atoms with Crippen LogP contribution in [0.4, 0.5) is 5.69 Å². The molecule has 0 aliphatic carbocycles. The van der Waals surface area contributed by atoms with Crippen LogP contribution in [0.5, 0.6) is 5.75 Å². The fraction of sp³-hybridized carbons (Fsp3) is 0.0833. The van der Waals surface area contributed by atoms with E-state index in [1.807, 2.05) is 77.7 Å². The highest BCUT2D eigenvalue weighted by molar-refractivity contribution is 7.80. The number of para-hydroxylation sites is 2. The third-order valence-electron chi connectivity index (χ3n) is 5.22. The maximum atomic E-state index is 10.5. The van der Waals surface area contributed by atoms with Crippen molar-refractivity contribution in [3.05, 3.63) is 103 Å². The first-order valence-corrected chi connectivity index (χ1v) is 10.1. The molecule has 2 N–H and O–H groups in total. The Hall–Kier alpha value is -3.64. The van der Waals surface area contributed by atoms with Crippen LogP contribution in [0.1, 0.15) is 23.5 Å². The van der Waals surface area contributed by atoms with Gasteiger partial charge >= 0.3 is 0 Å². The molecule has 4 aromatic rings. The number of furan rings is 1. The number of pyridine rings is 1. The molecule has 30 heavy (non-hydrogen) atoms. The SMILES string of the molecule is Oc1ccccc1N1C(=S)N[C@H](c2ccccn2)[C@H]1c1ccc(-c2ccccc2)o1. The van der Waals surface area contributed by atoms with Crippen LogP contribution in [0, 0.1) is 0 Å². The van der Waals surface area contributed by atoms with Gasteiger partial charge in [0, 0.05) is 11.8 Å². The van der Waals surface area contributed by atoms with E-state index in [4.69, 9.17) is 16.6 Å². The van der Waals surface area contributed by atoms with Gasteiger partial charge in [0.05, 0.1) is 17.4 Å². The molecule has 0 spiro atoms. The smallest absolute Gasteiger partial charge is 0.174 e. The maximum Gasteiger partial charge on any atom is 0.174 e. The molecule has 5 nitrogen and oxygen atoms in total. The van der Waals surface area contributed by atoms with Crippen LogP contribution in [0.15, 0.2) is 95.5 Å². The third kappa shape index (κ3) is 3.21. The minimum absolute atomic E-state index is 0.156. The van der Waals surface area contributed by atoms with Gasteiger partial charge < -0.3 is 19.7 Å². The van der Waals surface area contributed by atoms with Crippen LogP contribution in [0.25, 0.3) is 11.3 Å². The van der Waals surface area contributed by atoms with Crippen molar-refractivity contribution >= 4 is 23.0 Å². The molecule has 0 unspecified atom stereocenters. The van der Waals surface area contributed by atoms with E-state index in [1.165, 1.54) is 0 Å². The van der Waals surface area contributed by atoms with Crippen molar-refractivity contribution < 1.29 is 9.52 Å². The molecule has 5 rings (SSSR count). The van der Waals surface area contributed by atoms with Crippen molar-refractivity contribution in [2.24, 2.45) is 0 Å². The predicted octanol–water partition coefficient (Wildman–Crippen LogP) is 5.22. The highest BCUT2D eigenvalue weighted by Gasteiger charge is 2.43. The topological polar surface area (TPSA) is 61.5 Å². The van der Waals surface area contributed by atoms with Crippen molar-refractivity contribution in [3.8, 4) is 17.1 Å². The molecule has 2 atom stereocenters. The Morgan fingerprint density at radius 3 is 2.43 bits per heavy atom. The number of thiocarbonyl (C=S) groups is 1. The quantitative estimate of drug-likeness (QED) is 0.447. The molecule has 1 saturated heterocycles. The number of phenolic OH excluding ortho intramolecular Hbond substituents is 1. The zero-order valence-electron chi connectivity index (χ0n) is 16.0. The van der Waals surface area contributed by atoms with Gasteiger partial charge in [-0.1, -0.05) is 48.5 Å². The normalized spacial score (nSPS) is 18.4. The fourth-order valence-electron chi connectivity index (χ4n) is 3.84. The van der Waals surface area contributed by atoms with Gasteiger partial charge in [-0.15, -0.1) is 0 Å². The summed E-state index contributed by atoms with van der Waals surface area (Å²) < 4.78 is 6.29. The molecule has 0 bridgehead atoms. The fourth-order valence-corrected chi connectivity index (χ4v) is 4.18. The Kier molecular flexibility index (Phi) is 4.69. The van der Waals surface area contributed by atoms with Crippen LogP contribution >= 0.6 is 12.2 Å². The van der Waals surface area contributed by atoms with E-state index in [0.717, 1.165) is 22.8 Å². The Morgan fingerprint density at radius 1 is 0.900 bits per heavy atom. The second-order valence-corrected chi connectivity index (χ2v) is 7.44. The number of benzene rings is 2. The largest absolute Gasteiger partial charge is 0.506 e. The summed E-state index contributed by atoms with van der Waals surface area (Å²) in [5, 5.41) is 14.4. The number of phenols is 1. The average molecular weight is 414 g/mol. The standard InChI is InChI=1S/C24H19N3O2S/c28-19-12-5-4-11-18(19)27-23(22(26-24(27)30)17-10-6-7-15-25-17)21-14-13-20(29-21)16-8-2-1-3-9-16/h1-15,22-23,28H,(H,26,30)/t22-,23-/m1/s1. The van der Waals surface area contributed by atoms with Gasteiger partial charge in [-0.2, -0.15) is 0 Å². The van der Waals surface area contributed by atoms with Crippen molar-refractivity contribution in [2.45, 2.75) is 12.1 Å². The van der Waals surface area contributed by atoms with E-state index in [1.54, 1.807) is 18.3 Å². The Balaban J connectivity index is 1.62. The van der Waals surface area contributed by atoms with Gasteiger partial charge in [-0.05, 0) is 48.6 Å². The number of anilines is 1. The summed E-state index contributed by atoms with van der Waals surface area (Å²) in [5.74, 6) is 1.67. The van der Waals surface area contributed by atoms with Gasteiger partial charge in [-0.3, -0.25) is 4.98 Å². The summed E-state index contributed by atoms with van der Waals surface area (Å²) >= 11 is 5.67. The Labute approximate surface area is 179 Å². The highest BCUT2D eigenvalue weighted by Crippen LogP contribution is 2.45. The van der Waals surface area contributed by atoms with E-state index in [9.17, 15) is 5.11 Å². The monoisotopic (exact) mass is 413 g/mol. The van der Waals surface area contributed by atoms with E-state index in [0.29, 0.717) is 10.8 Å². The number of nitrogens with zero attached hydrogens (tertiary/aromatic N) is 2. The molecule has 0 amide bonds. The van der Waals surface area contributed by atoms with Crippen LogP contribution in [-0.2, 0) is 0 Å². The van der Waals surface area contributed by atoms with Crippen LogP contribution in [-0.4, -0.2) is 15.2 Å². The molecule has 148 valence electrons. The summed E-state index contributed by atoms with van der Waals surface area (Å²) in [6, 6.07) is 26.3. The lowest BCUT2D eigenvalue weighted by Gasteiger charge is -2.26. The Morgan fingerprint density at radius 2 is 1.67 bits per heavy atom. The number of nitrogens with one attached hydrogen (secondary N) is 1. The minimum Gasteiger partial charge on any atom is -0.506 e. The lowest BCUT2D eigenvalue weighted by molar-refractivity contribution is 0.434. The van der Waals surface area contributed by atoms with Crippen molar-refractivity contribution in [2.75, 3.05) is 4.90 Å². The minimum atomic E-state index is -0.307. The number of aromatic nitrogens is 1. The molecule has 2 aromatic carbocycles. The van der Waals surface area contributed by atoms with Gasteiger partial charge in [0.25, 0.3) is 0 Å². The summed E-state index contributed by atoms with van der Waals surface area (Å²) in [6.45, 7) is 0. The number of hydrogen-bond donors (Lipinski definition) is 2. The van der Waals surface area contributed by atoms with Crippen LogP contribution < -0.4 is 10.2 Å². The zero-order valence-corrected chi connectivity index (χ0v) is 16.8. The maximum absolute atomic E-state index is 10.5. The lowest BCUT2D eigenvalue weighted by atomic mass is 10.0. The number of aromatic hydroxyl groups is 1. The molecule has 1 aliphatic rings. The van der Waals surface area contributed by atoms with Gasteiger partial charge in [0.15, 0.2) is 5.11 Å². The molecule has 0 saturated carbocycles. The molecule has 1 fully saturated rings. The predicted molar refractivity (Wildman–Crippen MR) is 120 cm³/mol. The first kappa shape index (κ1) is 18.4. The molecule has 0 radical (unpaired) electrons. The summed E-state index contributed by atoms with van der Waals surface area (Å²) in [7, 11) is 0. The van der Waals surface area contributed by atoms with E-state index < -0.39 is 0 Å². The van der Waals surface area contributed by atoms with Crippen LogP contribution in [0.3, 0.4) is 0 Å². The molecule has 6 heteroatoms. The number of hydrogen-bond acceptors (Lipinski definition) is 4. The van der Waals surface area contributed by atoms with Crippen molar-refractivity contribution in [1.29, 1.82) is 0 Å². The first-order chi connectivity index (χ1) is 14.7. The molecular weight excluding hydrogens is 394 g/mol. The molecule has 1 aliphatic heterocycles. The van der Waals surface area contributed by atoms with E-state index in [2.05, 4.69) is 10.3 Å². The van der Waals surface area contributed by atoms with Crippen molar-refractivity contribution in [1.82, 2.24) is 10.3 Å². The Bertz CT molecular complexity index is 1180. The summed E-state index contributed by atoms with van der Waals surface area (Å²) in [5.41, 5.74) is 2.47. The zero-order chi connectivity index (χ0) is 20.5. The second-order valence-electron chi connectivity index (χ2n) is 7.05. The lowest BCUT2D eigenvalue weighted by Crippen LogP contribution is -2.29. The molecule has 3 heterocycles. The second kappa shape index (κ2) is 7.65. The molecule has 2 aromatic heterocycles. The highest BCUT2D eigenvalue weighted by atomic mass is 32.1. The van der Waals surface area contributed by atoms with Gasteiger partial charge in [0.2, 0.25) is 0 Å². The third-order valence-corrected chi connectivity index (χ3v) is 5.53. The van der Waals surface area contributed by atoms with Gasteiger partial charge in [-0.25, -0.2) is 0 Å². The molecular formula is C24H19N3O2S. The average Bonchev–Trinajstić information content (AvgIpc) is 3.40. The van der Waals surface area contributed by atoms with E-state index in [-0.39, 0.29) is 17.8 Å². The van der Waals surface area contributed by atoms with Gasteiger partial charge in [0.1, 0.15) is 23.3 Å². The summed E-state index contributed by atoms with van der Waals surface area (Å²) in [6.07, 6.45) is 1.76. The number of rotatable bonds is 4.